The first kappa shape index (κ1) is 5.09. The number of nitrogen functional groups attached to an aromatic ring is 1. The molecule has 1 heterocycles. The minimum atomic E-state index is 0.713. The lowest BCUT2D eigenvalue weighted by Crippen LogP contribution is -2.08. The van der Waals surface area contributed by atoms with Gasteiger partial charge < -0.3 is 0 Å². The van der Waals surface area contributed by atoms with Gasteiger partial charge in [-0.2, -0.15) is 0 Å². The maximum absolute atomic E-state index is 5.40. The number of anilines is 1. The summed E-state index contributed by atoms with van der Waals surface area (Å²) in [6.45, 7) is 2.00. The van der Waals surface area contributed by atoms with E-state index in [1.807, 2.05) is 25.3 Å². The molecule has 1 aromatic rings. The Morgan fingerprint density at radius 1 is 1.62 bits per heavy atom. The Morgan fingerprint density at radius 3 is 2.75 bits per heavy atom. The van der Waals surface area contributed by atoms with E-state index < -0.39 is 0 Å². The van der Waals surface area contributed by atoms with Crippen molar-refractivity contribution in [2.75, 3.05) is 5.73 Å². The zero-order chi connectivity index (χ0) is 5.98. The van der Waals surface area contributed by atoms with E-state index in [2.05, 4.69) is 4.98 Å². The summed E-state index contributed by atoms with van der Waals surface area (Å²) in [5.41, 5.74) is 6.58. The number of hydrogen-bond acceptors (Lipinski definition) is 1. The first-order chi connectivity index (χ1) is 3.79. The normalized spacial score (nSPS) is 9.12. The van der Waals surface area contributed by atoms with Crippen LogP contribution in [0.25, 0.3) is 0 Å². The molecule has 0 unspecified atom stereocenters. The summed E-state index contributed by atoms with van der Waals surface area (Å²) in [4.78, 5) is 2.85. The second kappa shape index (κ2) is 1.82. The maximum Gasteiger partial charge on any atom is 0.270 e. The lowest BCUT2D eigenvalue weighted by Gasteiger charge is -1.85. The van der Waals surface area contributed by atoms with E-state index in [0.717, 1.165) is 0 Å². The smallest absolute Gasteiger partial charge is 0.270 e. The van der Waals surface area contributed by atoms with Crippen molar-refractivity contribution in [2.24, 2.45) is 0 Å². The zero-order valence-electron chi connectivity index (χ0n) is 4.81. The van der Waals surface area contributed by atoms with Crippen LogP contribution in [0.1, 0.15) is 5.56 Å². The van der Waals surface area contributed by atoms with Crippen LogP contribution >= 0.6 is 0 Å². The van der Waals surface area contributed by atoms with Crippen LogP contribution in [0.2, 0.25) is 0 Å². The molecule has 0 saturated heterocycles. The minimum absolute atomic E-state index is 0.713. The number of hydrogen-bond donors (Lipinski definition) is 1. The topological polar surface area (TPSA) is 40.2 Å². The molecule has 2 heteroatoms. The monoisotopic (exact) mass is 109 g/mol. The molecular weight excluding hydrogens is 100 g/mol. The number of aromatic amines is 1. The van der Waals surface area contributed by atoms with Crippen molar-refractivity contribution >= 4 is 5.82 Å². The molecule has 0 spiro atoms. The van der Waals surface area contributed by atoms with Gasteiger partial charge in [-0.1, -0.05) is 0 Å². The molecule has 0 atom stereocenters. The Hall–Kier alpha value is -1.05. The Kier molecular flexibility index (Phi) is 1.16. The largest absolute Gasteiger partial charge is 0.287 e. The molecule has 1 rings (SSSR count). The molecule has 42 valence electrons. The van der Waals surface area contributed by atoms with Gasteiger partial charge in [0.2, 0.25) is 0 Å². The van der Waals surface area contributed by atoms with Crippen LogP contribution in [0, 0.1) is 6.92 Å². The van der Waals surface area contributed by atoms with E-state index in [1.54, 1.807) is 0 Å². The Bertz CT molecular complexity index is 166. The van der Waals surface area contributed by atoms with Gasteiger partial charge in [-0.25, -0.2) is 4.98 Å². The van der Waals surface area contributed by atoms with Gasteiger partial charge in [0.1, 0.15) is 0 Å². The van der Waals surface area contributed by atoms with Crippen molar-refractivity contribution in [3.8, 4) is 0 Å². The number of H-pyrrole nitrogens is 1. The fraction of sp³-hybridized carbons (Fsp3) is 0.167. The van der Waals surface area contributed by atoms with Crippen LogP contribution in [-0.4, -0.2) is 0 Å². The molecule has 0 aliphatic rings. The predicted octanol–water partition coefficient (Wildman–Crippen LogP) is 0.391. The molecule has 0 aliphatic heterocycles. The predicted molar refractivity (Wildman–Crippen MR) is 32.1 cm³/mol. The van der Waals surface area contributed by atoms with Crippen molar-refractivity contribution in [2.45, 2.75) is 6.92 Å². The second-order valence-corrected chi connectivity index (χ2v) is 1.82. The highest BCUT2D eigenvalue weighted by molar-refractivity contribution is 5.24. The third-order valence-corrected chi connectivity index (χ3v) is 0.979. The molecular formula is C6H9N2+. The van der Waals surface area contributed by atoms with E-state index in [9.17, 15) is 0 Å². The first-order valence-corrected chi connectivity index (χ1v) is 2.53. The SMILES string of the molecule is Cc1cc[nH+]c(N)c1. The van der Waals surface area contributed by atoms with Crippen LogP contribution in [0.3, 0.4) is 0 Å². The molecule has 0 bridgehead atoms. The molecule has 2 nitrogen and oxygen atoms in total. The number of aryl methyl sites for hydroxylation is 1. The summed E-state index contributed by atoms with van der Waals surface area (Å²) in [6, 6.07) is 3.86. The van der Waals surface area contributed by atoms with Gasteiger partial charge in [0.15, 0.2) is 0 Å². The van der Waals surface area contributed by atoms with Crippen molar-refractivity contribution in [3.63, 3.8) is 0 Å². The van der Waals surface area contributed by atoms with Crippen molar-refractivity contribution < 1.29 is 4.98 Å². The molecule has 1 aromatic heterocycles. The van der Waals surface area contributed by atoms with E-state index in [0.29, 0.717) is 5.82 Å². The van der Waals surface area contributed by atoms with Crippen molar-refractivity contribution in [3.05, 3.63) is 23.9 Å². The van der Waals surface area contributed by atoms with E-state index in [4.69, 9.17) is 5.73 Å². The maximum atomic E-state index is 5.40. The van der Waals surface area contributed by atoms with Crippen LogP contribution in [0.5, 0.6) is 0 Å². The van der Waals surface area contributed by atoms with Crippen LogP contribution in [0.15, 0.2) is 18.3 Å². The summed E-state index contributed by atoms with van der Waals surface area (Å²) in [5, 5.41) is 0. The highest BCUT2D eigenvalue weighted by Gasteiger charge is 1.88. The van der Waals surface area contributed by atoms with Gasteiger partial charge in [0.25, 0.3) is 5.82 Å². The quantitative estimate of drug-likeness (QED) is 0.514. The number of rotatable bonds is 0. The zero-order valence-corrected chi connectivity index (χ0v) is 4.81. The van der Waals surface area contributed by atoms with Gasteiger partial charge >= 0.3 is 0 Å². The van der Waals surface area contributed by atoms with Crippen LogP contribution in [0.4, 0.5) is 5.82 Å². The summed E-state index contributed by atoms with van der Waals surface area (Å²) in [7, 11) is 0. The average molecular weight is 109 g/mol. The van der Waals surface area contributed by atoms with Crippen LogP contribution < -0.4 is 10.7 Å². The molecule has 0 saturated carbocycles. The molecule has 3 N–H and O–H groups in total. The second-order valence-electron chi connectivity index (χ2n) is 1.82. The fourth-order valence-corrected chi connectivity index (χ4v) is 0.604. The third-order valence-electron chi connectivity index (χ3n) is 0.979. The van der Waals surface area contributed by atoms with E-state index in [-0.39, 0.29) is 0 Å². The van der Waals surface area contributed by atoms with Crippen molar-refractivity contribution in [1.82, 2.24) is 0 Å². The molecule has 0 aliphatic carbocycles. The van der Waals surface area contributed by atoms with E-state index in [1.165, 1.54) is 5.56 Å². The lowest BCUT2D eigenvalue weighted by molar-refractivity contribution is -0.360. The Morgan fingerprint density at radius 2 is 2.38 bits per heavy atom. The van der Waals surface area contributed by atoms with Gasteiger partial charge in [-0.15, -0.1) is 0 Å². The van der Waals surface area contributed by atoms with Gasteiger partial charge in [-0.05, 0) is 18.6 Å². The third kappa shape index (κ3) is 0.964. The molecule has 0 aromatic carbocycles. The number of nitrogens with one attached hydrogen (secondary N) is 1. The van der Waals surface area contributed by atoms with E-state index >= 15 is 0 Å². The number of nitrogens with two attached hydrogens (primary N) is 1. The summed E-state index contributed by atoms with van der Waals surface area (Å²) < 4.78 is 0. The number of pyridine rings is 1. The Labute approximate surface area is 48.4 Å². The Balaban J connectivity index is 3.08. The van der Waals surface area contributed by atoms with Gasteiger partial charge in [0.05, 0.1) is 6.20 Å². The van der Waals surface area contributed by atoms with Crippen LogP contribution in [-0.2, 0) is 0 Å². The molecule has 8 heavy (non-hydrogen) atoms. The fourth-order valence-electron chi connectivity index (χ4n) is 0.604. The molecule has 0 amide bonds. The standard InChI is InChI=1S/C6H8N2/c1-5-2-3-8-6(7)4-5/h2-4H,1H3,(H2,7,8)/p+1. The average Bonchev–Trinajstić information content (AvgIpc) is 1.64. The summed E-state index contributed by atoms with van der Waals surface area (Å²) in [6.07, 6.45) is 1.82. The summed E-state index contributed by atoms with van der Waals surface area (Å²) >= 11 is 0. The van der Waals surface area contributed by atoms with Gasteiger partial charge in [-0.3, -0.25) is 5.73 Å². The lowest BCUT2D eigenvalue weighted by atomic mass is 10.3. The molecule has 0 radical (unpaired) electrons. The first-order valence-electron chi connectivity index (χ1n) is 2.53. The highest BCUT2D eigenvalue weighted by atomic mass is 14.8. The minimum Gasteiger partial charge on any atom is -0.287 e. The van der Waals surface area contributed by atoms with Gasteiger partial charge in [0, 0.05) is 6.07 Å². The highest BCUT2D eigenvalue weighted by Crippen LogP contribution is 1.94. The molecule has 0 fully saturated rings. The summed E-state index contributed by atoms with van der Waals surface area (Å²) in [5.74, 6) is 0.713. The van der Waals surface area contributed by atoms with Crippen molar-refractivity contribution in [1.29, 1.82) is 0 Å². The number of aromatic nitrogens is 1.